The number of imidazole rings is 1. The number of nitrogens with one attached hydrogen (secondary N) is 2. The number of rotatable bonds is 6. The highest BCUT2D eigenvalue weighted by Gasteiger charge is 2.39. The minimum atomic E-state index is -3.59. The smallest absolute Gasteiger partial charge is 0.411 e. The van der Waals surface area contributed by atoms with Gasteiger partial charge in [0, 0.05) is 38.5 Å². The lowest BCUT2D eigenvalue weighted by atomic mass is 10.0. The van der Waals surface area contributed by atoms with E-state index in [2.05, 4.69) is 40.0 Å². The molecule has 0 saturated heterocycles. The molecule has 1 aliphatic rings. The molecule has 0 radical (unpaired) electrons. The molecule has 35 heavy (non-hydrogen) atoms. The number of carbonyl (C=O) groups is 2. The molecule has 12 heteroatoms. The van der Waals surface area contributed by atoms with E-state index in [0.717, 1.165) is 6.04 Å². The van der Waals surface area contributed by atoms with Gasteiger partial charge < -0.3 is 25.1 Å². The fraction of sp³-hybridized carbons (Fsp3) is 0.522. The number of hydrogen-bond acceptors (Lipinski definition) is 6. The van der Waals surface area contributed by atoms with Crippen LogP contribution in [0.5, 0.6) is 0 Å². The van der Waals surface area contributed by atoms with Crippen LogP contribution >= 0.6 is 0 Å². The number of nitrogens with zero attached hydrogens (tertiary/aromatic N) is 2. The molecule has 0 spiro atoms. The van der Waals surface area contributed by atoms with Gasteiger partial charge in [-0.25, -0.2) is 9.78 Å². The van der Waals surface area contributed by atoms with Crippen LogP contribution in [0.4, 0.5) is 25.0 Å². The number of nitrogens with two attached hydrogens (primary N) is 1. The van der Waals surface area contributed by atoms with Crippen LogP contribution in [0.3, 0.4) is 0 Å². The summed E-state index contributed by atoms with van der Waals surface area (Å²) in [5.74, 6) is -4.50. The molecule has 0 aliphatic carbocycles. The Hall–Kier alpha value is -2.83. The van der Waals surface area contributed by atoms with Crippen molar-refractivity contribution in [1.29, 1.82) is 0 Å². The van der Waals surface area contributed by atoms with Crippen LogP contribution in [0, 0.1) is 0 Å². The van der Waals surface area contributed by atoms with E-state index in [-0.39, 0.29) is 30.9 Å². The van der Waals surface area contributed by atoms with Crippen molar-refractivity contribution >= 4 is 31.4 Å². The first-order valence-electron chi connectivity index (χ1n) is 11.5. The largest absolute Gasteiger partial charge is 0.453 e. The zero-order valence-electron chi connectivity index (χ0n) is 20.5. The molecule has 2 aromatic rings. The van der Waals surface area contributed by atoms with E-state index in [1.54, 1.807) is 22.9 Å². The minimum Gasteiger partial charge on any atom is -0.453 e. The molecule has 1 aliphatic heterocycles. The van der Waals surface area contributed by atoms with Crippen molar-refractivity contribution in [2.24, 2.45) is 5.73 Å². The summed E-state index contributed by atoms with van der Waals surface area (Å²) in [5.41, 5.74) is 7.52. The fourth-order valence-corrected chi connectivity index (χ4v) is 4.38. The van der Waals surface area contributed by atoms with E-state index in [0.29, 0.717) is 23.7 Å². The third-order valence-electron chi connectivity index (χ3n) is 5.68. The highest BCUT2D eigenvalue weighted by molar-refractivity contribution is 6.76. The van der Waals surface area contributed by atoms with Gasteiger partial charge in [-0.2, -0.15) is 8.78 Å². The molecular formula is C23H33F2N5O4Si. The first-order chi connectivity index (χ1) is 16.4. The SMILES string of the molecule is COC(=O)Nc1ccc2c(c1)NC(=O)C(F)(F)CCC[C@H](N)c1nc-2cn1COCC[Si](C)(C)C. The van der Waals surface area contributed by atoms with Crippen molar-refractivity contribution in [3.05, 3.63) is 30.2 Å². The Morgan fingerprint density at radius 3 is 2.80 bits per heavy atom. The molecule has 3 rings (SSSR count). The third-order valence-corrected chi connectivity index (χ3v) is 7.38. The van der Waals surface area contributed by atoms with Crippen molar-refractivity contribution < 1.29 is 27.8 Å². The summed E-state index contributed by atoms with van der Waals surface area (Å²) in [7, 11) is -0.0633. The van der Waals surface area contributed by atoms with Crippen LogP contribution in [0.25, 0.3) is 11.3 Å². The van der Waals surface area contributed by atoms with E-state index in [1.165, 1.54) is 13.2 Å². The number of ether oxygens (including phenoxy) is 2. The van der Waals surface area contributed by atoms with E-state index in [9.17, 15) is 18.4 Å². The summed E-state index contributed by atoms with van der Waals surface area (Å²) in [6.45, 7) is 7.61. The molecule has 2 heterocycles. The first kappa shape index (κ1) is 26.8. The second-order valence-electron chi connectivity index (χ2n) is 9.84. The van der Waals surface area contributed by atoms with Gasteiger partial charge in [-0.15, -0.1) is 0 Å². The fourth-order valence-electron chi connectivity index (χ4n) is 3.62. The van der Waals surface area contributed by atoms with Gasteiger partial charge >= 0.3 is 12.0 Å². The summed E-state index contributed by atoms with van der Waals surface area (Å²) < 4.78 is 41.3. The summed E-state index contributed by atoms with van der Waals surface area (Å²) in [4.78, 5) is 28.7. The lowest BCUT2D eigenvalue weighted by molar-refractivity contribution is -0.140. The van der Waals surface area contributed by atoms with Crippen molar-refractivity contribution in [2.45, 2.75) is 63.6 Å². The summed E-state index contributed by atoms with van der Waals surface area (Å²) in [6, 6.07) is 4.92. The van der Waals surface area contributed by atoms with Crippen LogP contribution in [0.2, 0.25) is 25.7 Å². The van der Waals surface area contributed by atoms with Gasteiger partial charge in [0.25, 0.3) is 5.91 Å². The normalized spacial score (nSPS) is 18.0. The second kappa shape index (κ2) is 10.8. The lowest BCUT2D eigenvalue weighted by Gasteiger charge is -2.20. The van der Waals surface area contributed by atoms with Crippen LogP contribution in [-0.2, 0) is 21.0 Å². The highest BCUT2D eigenvalue weighted by Crippen LogP contribution is 2.35. The number of halogens is 2. The molecule has 1 aromatic heterocycles. The molecule has 4 N–H and O–H groups in total. The number of hydrogen-bond donors (Lipinski definition) is 3. The molecule has 0 saturated carbocycles. The lowest BCUT2D eigenvalue weighted by Crippen LogP contribution is -2.35. The molecule has 2 amide bonds. The van der Waals surface area contributed by atoms with Crippen molar-refractivity contribution in [3.63, 3.8) is 0 Å². The van der Waals surface area contributed by atoms with E-state index < -0.39 is 38.5 Å². The maximum absolute atomic E-state index is 14.5. The van der Waals surface area contributed by atoms with Gasteiger partial charge in [-0.05, 0) is 37.1 Å². The third kappa shape index (κ3) is 7.09. The van der Waals surface area contributed by atoms with Crippen LogP contribution in [0.1, 0.15) is 31.1 Å². The topological polar surface area (TPSA) is 121 Å². The molecule has 0 fully saturated rings. The first-order valence-corrected chi connectivity index (χ1v) is 15.2. The number of aromatic nitrogens is 2. The second-order valence-corrected chi connectivity index (χ2v) is 15.5. The van der Waals surface area contributed by atoms with Crippen molar-refractivity contribution in [1.82, 2.24) is 9.55 Å². The van der Waals surface area contributed by atoms with Gasteiger partial charge in [0.2, 0.25) is 0 Å². The van der Waals surface area contributed by atoms with Crippen LogP contribution in [-0.4, -0.2) is 49.3 Å². The number of alkyl halides is 2. The van der Waals surface area contributed by atoms with Crippen molar-refractivity contribution in [3.8, 4) is 11.3 Å². The molecule has 9 nitrogen and oxygen atoms in total. The summed E-state index contributed by atoms with van der Waals surface area (Å²) in [5, 5.41) is 4.78. The Labute approximate surface area is 204 Å². The van der Waals surface area contributed by atoms with Gasteiger partial charge in [-0.3, -0.25) is 10.1 Å². The van der Waals surface area contributed by atoms with Gasteiger partial charge in [-0.1, -0.05) is 19.6 Å². The summed E-state index contributed by atoms with van der Waals surface area (Å²) >= 11 is 0. The maximum atomic E-state index is 14.5. The molecule has 192 valence electrons. The number of amides is 2. The molecule has 0 unspecified atom stereocenters. The van der Waals surface area contributed by atoms with Crippen LogP contribution in [0.15, 0.2) is 24.4 Å². The molecule has 2 bridgehead atoms. The predicted octanol–water partition coefficient (Wildman–Crippen LogP) is 4.80. The standard InChI is InChI=1S/C23H33F2N5O4Si/c1-33-22(32)27-15-7-8-16-18(12-15)29-21(31)23(24,25)9-5-6-17(26)20-28-19(16)13-30(20)14-34-10-11-35(2,3)4/h7-8,12-13,17H,5-6,9-11,14,26H2,1-4H3,(H,27,32)(H,29,31)/t17-/m0/s1. The van der Waals surface area contributed by atoms with Crippen molar-refractivity contribution in [2.75, 3.05) is 24.4 Å². The quantitative estimate of drug-likeness (QED) is 0.380. The Bertz CT molecular complexity index is 1070. The molecule has 1 atom stereocenters. The average molecular weight is 510 g/mol. The Kier molecular flexibility index (Phi) is 8.29. The Morgan fingerprint density at radius 1 is 1.37 bits per heavy atom. The molecule has 1 aromatic carbocycles. The number of carbonyl (C=O) groups excluding carboxylic acids is 2. The summed E-state index contributed by atoms with van der Waals surface area (Å²) in [6.07, 6.45) is 0.628. The Morgan fingerprint density at radius 2 is 2.11 bits per heavy atom. The average Bonchev–Trinajstić information content (AvgIpc) is 3.19. The minimum absolute atomic E-state index is 0.0387. The molecular weight excluding hydrogens is 476 g/mol. The number of fused-ring (bicyclic) bond motifs is 4. The zero-order chi connectivity index (χ0) is 25.8. The Balaban J connectivity index is 2.00. The number of methoxy groups -OCH3 is 1. The predicted molar refractivity (Wildman–Crippen MR) is 132 cm³/mol. The van der Waals surface area contributed by atoms with Gasteiger partial charge in [0.15, 0.2) is 0 Å². The van der Waals surface area contributed by atoms with E-state index in [1.807, 2.05) is 0 Å². The van der Waals surface area contributed by atoms with E-state index in [4.69, 9.17) is 10.5 Å². The highest BCUT2D eigenvalue weighted by atomic mass is 28.3. The van der Waals surface area contributed by atoms with Gasteiger partial charge in [0.1, 0.15) is 12.6 Å². The zero-order valence-corrected chi connectivity index (χ0v) is 21.5. The van der Waals surface area contributed by atoms with Crippen LogP contribution < -0.4 is 16.4 Å². The monoisotopic (exact) mass is 509 g/mol. The van der Waals surface area contributed by atoms with E-state index >= 15 is 0 Å². The number of benzene rings is 1. The maximum Gasteiger partial charge on any atom is 0.411 e. The van der Waals surface area contributed by atoms with Gasteiger partial charge in [0.05, 0.1) is 24.5 Å². The number of anilines is 2.